The Morgan fingerprint density at radius 3 is 2.45 bits per heavy atom. The fourth-order valence-corrected chi connectivity index (χ4v) is 5.19. The molecule has 1 saturated heterocycles. The van der Waals surface area contributed by atoms with Gasteiger partial charge in [0.1, 0.15) is 17.2 Å². The molecule has 1 fully saturated rings. The number of amides is 1. The molecular weight excluding hydrogens is 530 g/mol. The summed E-state index contributed by atoms with van der Waals surface area (Å²) in [6.07, 6.45) is 3.50. The largest absolute Gasteiger partial charge is 0.496 e. The van der Waals surface area contributed by atoms with Gasteiger partial charge in [-0.2, -0.15) is 0 Å². The number of hydrogen-bond donors (Lipinski definition) is 5. The standard InChI is InChI=1S/C32H41N7O3/c1-5-8-22-9-6-10-23(37-22)19-39-17-21(18-39)24-14-13-20(15-28(24)41-3)25-11-7-12-26(31(25)42-4)38-27(16-29(33)34)30(35)32(40)36-2/h6-7,9-16,21,38H,5,8,17-19,33-35H2,1-4H3,(H,36,40)/b30-27+. The number of aryl methyl sites for hydroxylation is 1. The SMILES string of the molecule is CCCc1cccc(CN2CC(c3ccc(-c4cccc(N/C(C=C(N)N)=C(/N)C(=O)NC)c4OC)cc3OC)C2)n1. The number of rotatable bonds is 12. The summed E-state index contributed by atoms with van der Waals surface area (Å²) >= 11 is 0. The summed E-state index contributed by atoms with van der Waals surface area (Å²) in [5.41, 5.74) is 23.4. The molecule has 10 nitrogen and oxygen atoms in total. The third-order valence-electron chi connectivity index (χ3n) is 7.26. The van der Waals surface area contributed by atoms with Gasteiger partial charge in [0, 0.05) is 49.9 Å². The first kappa shape index (κ1) is 30.3. The van der Waals surface area contributed by atoms with Crippen molar-refractivity contribution in [2.45, 2.75) is 32.2 Å². The first-order chi connectivity index (χ1) is 20.3. The van der Waals surface area contributed by atoms with Gasteiger partial charge in [-0.05, 0) is 41.8 Å². The molecule has 3 aromatic rings. The van der Waals surface area contributed by atoms with Gasteiger partial charge in [-0.1, -0.05) is 43.7 Å². The van der Waals surface area contributed by atoms with Crippen LogP contribution < -0.4 is 37.3 Å². The molecule has 2 aromatic carbocycles. The number of nitrogens with one attached hydrogen (secondary N) is 2. The molecule has 8 N–H and O–H groups in total. The van der Waals surface area contributed by atoms with Crippen LogP contribution in [0.2, 0.25) is 0 Å². The first-order valence-electron chi connectivity index (χ1n) is 14.0. The second-order valence-corrected chi connectivity index (χ2v) is 10.3. The summed E-state index contributed by atoms with van der Waals surface area (Å²) < 4.78 is 11.7. The summed E-state index contributed by atoms with van der Waals surface area (Å²) in [6.45, 7) is 4.90. The molecule has 0 spiro atoms. The van der Waals surface area contributed by atoms with Crippen molar-refractivity contribution in [3.8, 4) is 22.6 Å². The fourth-order valence-electron chi connectivity index (χ4n) is 5.19. The van der Waals surface area contributed by atoms with Gasteiger partial charge >= 0.3 is 0 Å². The van der Waals surface area contributed by atoms with Crippen LogP contribution in [0.25, 0.3) is 11.1 Å². The van der Waals surface area contributed by atoms with E-state index in [1.807, 2.05) is 24.3 Å². The zero-order valence-corrected chi connectivity index (χ0v) is 24.7. The number of benzene rings is 2. The molecule has 4 rings (SSSR count). The zero-order valence-electron chi connectivity index (χ0n) is 24.7. The van der Waals surface area contributed by atoms with Gasteiger partial charge in [-0.15, -0.1) is 0 Å². The number of para-hydroxylation sites is 1. The molecular formula is C32H41N7O3. The van der Waals surface area contributed by atoms with Crippen LogP contribution in [0.1, 0.15) is 36.2 Å². The number of likely N-dealkylation sites (tertiary alicyclic amines) is 1. The van der Waals surface area contributed by atoms with Crippen molar-refractivity contribution < 1.29 is 14.3 Å². The van der Waals surface area contributed by atoms with Gasteiger partial charge in [0.05, 0.1) is 37.1 Å². The molecule has 1 amide bonds. The van der Waals surface area contributed by atoms with E-state index in [4.69, 9.17) is 31.7 Å². The lowest BCUT2D eigenvalue weighted by molar-refractivity contribution is -0.117. The maximum Gasteiger partial charge on any atom is 0.269 e. The Bertz CT molecular complexity index is 1470. The van der Waals surface area contributed by atoms with Gasteiger partial charge in [-0.3, -0.25) is 14.7 Å². The Morgan fingerprint density at radius 2 is 1.79 bits per heavy atom. The van der Waals surface area contributed by atoms with E-state index in [0.717, 1.165) is 60.7 Å². The average Bonchev–Trinajstić information content (AvgIpc) is 2.97. The summed E-state index contributed by atoms with van der Waals surface area (Å²) in [4.78, 5) is 19.4. The number of carbonyl (C=O) groups is 1. The smallest absolute Gasteiger partial charge is 0.269 e. The van der Waals surface area contributed by atoms with Crippen molar-refractivity contribution in [2.75, 3.05) is 39.7 Å². The van der Waals surface area contributed by atoms with Crippen LogP contribution in [0.4, 0.5) is 5.69 Å². The van der Waals surface area contributed by atoms with E-state index >= 15 is 0 Å². The van der Waals surface area contributed by atoms with E-state index in [2.05, 4.69) is 52.8 Å². The van der Waals surface area contributed by atoms with E-state index in [1.54, 1.807) is 14.2 Å². The van der Waals surface area contributed by atoms with Gasteiger partial charge < -0.3 is 37.3 Å². The lowest BCUT2D eigenvalue weighted by atomic mass is 9.89. The third-order valence-corrected chi connectivity index (χ3v) is 7.26. The predicted octanol–water partition coefficient (Wildman–Crippen LogP) is 3.40. The van der Waals surface area contributed by atoms with Crippen LogP contribution in [0.5, 0.6) is 11.5 Å². The molecule has 2 heterocycles. The van der Waals surface area contributed by atoms with E-state index in [0.29, 0.717) is 17.4 Å². The van der Waals surface area contributed by atoms with Gasteiger partial charge in [0.2, 0.25) is 0 Å². The quantitative estimate of drug-likeness (QED) is 0.163. The molecule has 0 saturated carbocycles. The number of methoxy groups -OCH3 is 2. The van der Waals surface area contributed by atoms with Crippen molar-refractivity contribution in [3.05, 3.63) is 94.8 Å². The molecule has 0 atom stereocenters. The van der Waals surface area contributed by atoms with E-state index < -0.39 is 5.91 Å². The lowest BCUT2D eigenvalue weighted by Crippen LogP contribution is -2.44. The number of hydrogen-bond acceptors (Lipinski definition) is 9. The zero-order chi connectivity index (χ0) is 30.2. The van der Waals surface area contributed by atoms with Crippen molar-refractivity contribution >= 4 is 11.6 Å². The van der Waals surface area contributed by atoms with Crippen molar-refractivity contribution in [1.82, 2.24) is 15.2 Å². The van der Waals surface area contributed by atoms with Gasteiger partial charge in [0.15, 0.2) is 0 Å². The number of anilines is 1. The number of aromatic nitrogens is 1. The van der Waals surface area contributed by atoms with E-state index in [-0.39, 0.29) is 17.2 Å². The normalized spacial score (nSPS) is 13.9. The third kappa shape index (κ3) is 6.95. The Balaban J connectivity index is 1.55. The molecule has 1 aromatic heterocycles. The molecule has 0 unspecified atom stereocenters. The maximum absolute atomic E-state index is 12.2. The van der Waals surface area contributed by atoms with Crippen LogP contribution in [-0.4, -0.2) is 50.1 Å². The molecule has 0 bridgehead atoms. The summed E-state index contributed by atoms with van der Waals surface area (Å²) in [5.74, 6) is 1.28. The number of ether oxygens (including phenoxy) is 2. The van der Waals surface area contributed by atoms with E-state index in [9.17, 15) is 4.79 Å². The Hall–Kier alpha value is -4.70. The minimum Gasteiger partial charge on any atom is -0.496 e. The number of nitrogens with two attached hydrogens (primary N) is 3. The summed E-state index contributed by atoms with van der Waals surface area (Å²) in [5, 5.41) is 5.66. The second-order valence-electron chi connectivity index (χ2n) is 10.3. The van der Waals surface area contributed by atoms with Crippen molar-refractivity contribution in [1.29, 1.82) is 0 Å². The van der Waals surface area contributed by atoms with Gasteiger partial charge in [-0.25, -0.2) is 0 Å². The molecule has 42 heavy (non-hydrogen) atoms. The van der Waals surface area contributed by atoms with Gasteiger partial charge in [0.25, 0.3) is 5.91 Å². The molecule has 1 aliphatic heterocycles. The predicted molar refractivity (Wildman–Crippen MR) is 167 cm³/mol. The highest BCUT2D eigenvalue weighted by Crippen LogP contribution is 2.41. The summed E-state index contributed by atoms with van der Waals surface area (Å²) in [6, 6.07) is 18.2. The van der Waals surface area contributed by atoms with Crippen LogP contribution >= 0.6 is 0 Å². The minimum atomic E-state index is -0.471. The van der Waals surface area contributed by atoms with Crippen molar-refractivity contribution in [2.24, 2.45) is 17.2 Å². The number of pyridine rings is 1. The average molecular weight is 572 g/mol. The number of allylic oxidation sites excluding steroid dienone is 1. The lowest BCUT2D eigenvalue weighted by Gasteiger charge is -2.40. The number of likely N-dealkylation sites (N-methyl/N-ethyl adjacent to an activating group) is 1. The second kappa shape index (κ2) is 13.8. The highest BCUT2D eigenvalue weighted by molar-refractivity contribution is 5.94. The Morgan fingerprint density at radius 1 is 1.05 bits per heavy atom. The Labute approximate surface area is 247 Å². The highest BCUT2D eigenvalue weighted by Gasteiger charge is 2.30. The van der Waals surface area contributed by atoms with Crippen LogP contribution in [0.15, 0.2) is 77.9 Å². The molecule has 0 aliphatic carbocycles. The van der Waals surface area contributed by atoms with Crippen LogP contribution in [-0.2, 0) is 17.8 Å². The minimum absolute atomic E-state index is 0.00404. The first-order valence-corrected chi connectivity index (χ1v) is 14.0. The highest BCUT2D eigenvalue weighted by atomic mass is 16.5. The van der Waals surface area contributed by atoms with Crippen molar-refractivity contribution in [3.63, 3.8) is 0 Å². The molecule has 10 heteroatoms. The summed E-state index contributed by atoms with van der Waals surface area (Å²) in [7, 11) is 4.77. The molecule has 222 valence electrons. The Kier molecular flexibility index (Phi) is 9.93. The van der Waals surface area contributed by atoms with E-state index in [1.165, 1.54) is 18.7 Å². The maximum atomic E-state index is 12.2. The topological polar surface area (TPSA) is 154 Å². The molecule has 1 aliphatic rings. The van der Waals surface area contributed by atoms with Crippen LogP contribution in [0.3, 0.4) is 0 Å². The van der Waals surface area contributed by atoms with Crippen LogP contribution in [0, 0.1) is 0 Å². The number of nitrogens with zero attached hydrogens (tertiary/aromatic N) is 2. The number of carbonyl (C=O) groups excluding carboxylic acids is 1. The fraction of sp³-hybridized carbons (Fsp3) is 0.312. The monoisotopic (exact) mass is 571 g/mol. The molecule has 0 radical (unpaired) electrons.